The van der Waals surface area contributed by atoms with Crippen LogP contribution in [0.5, 0.6) is 5.75 Å². The van der Waals surface area contributed by atoms with Crippen molar-refractivity contribution < 1.29 is 23.8 Å². The number of benzene rings is 2. The molecule has 1 fully saturated rings. The third kappa shape index (κ3) is 6.08. The fraction of sp³-hybridized carbons (Fsp3) is 0.440. The highest BCUT2D eigenvalue weighted by molar-refractivity contribution is 5.95. The summed E-state index contributed by atoms with van der Waals surface area (Å²) >= 11 is 0. The molecular formula is C25H30N2O5. The van der Waals surface area contributed by atoms with Crippen LogP contribution in [-0.2, 0) is 15.9 Å². The van der Waals surface area contributed by atoms with Gasteiger partial charge in [-0.1, -0.05) is 12.1 Å². The van der Waals surface area contributed by atoms with Crippen molar-refractivity contribution in [2.45, 2.75) is 19.3 Å². The van der Waals surface area contributed by atoms with Gasteiger partial charge in [-0.25, -0.2) is 0 Å². The highest BCUT2D eigenvalue weighted by Gasteiger charge is 2.17. The van der Waals surface area contributed by atoms with E-state index >= 15 is 0 Å². The minimum absolute atomic E-state index is 0.0878. The number of hydrogen-bond donors (Lipinski definition) is 2. The molecule has 2 bridgehead atoms. The Labute approximate surface area is 188 Å². The lowest BCUT2D eigenvalue weighted by molar-refractivity contribution is 0.0642. The summed E-state index contributed by atoms with van der Waals surface area (Å²) in [6, 6.07) is 13.1. The van der Waals surface area contributed by atoms with Crippen molar-refractivity contribution in [3.63, 3.8) is 0 Å². The van der Waals surface area contributed by atoms with E-state index in [0.29, 0.717) is 56.4 Å². The summed E-state index contributed by atoms with van der Waals surface area (Å²) in [5, 5.41) is 5.93. The molecule has 7 nitrogen and oxygen atoms in total. The average Bonchev–Trinajstić information content (AvgIpc) is 2.83. The first kappa shape index (κ1) is 22.3. The van der Waals surface area contributed by atoms with Gasteiger partial charge < -0.3 is 24.8 Å². The lowest BCUT2D eigenvalue weighted by Gasteiger charge is -2.22. The highest BCUT2D eigenvalue weighted by Crippen LogP contribution is 2.24. The molecule has 0 aromatic heterocycles. The smallest absolute Gasteiger partial charge is 0.251 e. The molecule has 4 rings (SSSR count). The van der Waals surface area contributed by atoms with Gasteiger partial charge in [-0.15, -0.1) is 0 Å². The van der Waals surface area contributed by atoms with Crippen molar-refractivity contribution in [1.82, 2.24) is 10.6 Å². The largest absolute Gasteiger partial charge is 0.491 e. The van der Waals surface area contributed by atoms with Crippen LogP contribution in [0.4, 0.5) is 0 Å². The Hall–Kier alpha value is -2.90. The summed E-state index contributed by atoms with van der Waals surface area (Å²) in [5.41, 5.74) is 3.09. The summed E-state index contributed by atoms with van der Waals surface area (Å²) in [4.78, 5) is 25.2. The third-order valence-electron chi connectivity index (χ3n) is 5.82. The maximum absolute atomic E-state index is 12.8. The van der Waals surface area contributed by atoms with Crippen molar-refractivity contribution in [3.05, 3.63) is 64.7 Å². The number of carbonyl (C=O) groups excluding carboxylic acids is 2. The molecular weight excluding hydrogens is 408 g/mol. The van der Waals surface area contributed by atoms with Gasteiger partial charge >= 0.3 is 0 Å². The zero-order chi connectivity index (χ0) is 22.2. The van der Waals surface area contributed by atoms with Gasteiger partial charge in [-0.05, 0) is 60.2 Å². The Balaban J connectivity index is 1.53. The van der Waals surface area contributed by atoms with E-state index in [0.717, 1.165) is 42.9 Å². The molecule has 2 N–H and O–H groups in total. The van der Waals surface area contributed by atoms with Crippen LogP contribution in [-0.4, -0.2) is 57.9 Å². The van der Waals surface area contributed by atoms with E-state index in [2.05, 4.69) is 10.6 Å². The number of fused-ring (bicyclic) bond motifs is 3. The Morgan fingerprint density at radius 1 is 1.00 bits per heavy atom. The maximum Gasteiger partial charge on any atom is 0.251 e. The number of nitrogens with one attached hydrogen (secondary N) is 2. The SMILES string of the molecule is O=C1NCCOCCOc2ccc(C(=O)NCC3CCOCC3)cc2Cc2cccc1c2. The molecule has 0 atom stereocenters. The number of hydrogen-bond acceptors (Lipinski definition) is 5. The van der Waals surface area contributed by atoms with Gasteiger partial charge in [0.2, 0.25) is 0 Å². The topological polar surface area (TPSA) is 85.9 Å². The molecule has 1 saturated heterocycles. The van der Waals surface area contributed by atoms with Gasteiger partial charge in [-0.2, -0.15) is 0 Å². The second-order valence-corrected chi connectivity index (χ2v) is 8.18. The molecule has 170 valence electrons. The van der Waals surface area contributed by atoms with Crippen LogP contribution < -0.4 is 15.4 Å². The number of ether oxygens (including phenoxy) is 3. The van der Waals surface area contributed by atoms with E-state index in [4.69, 9.17) is 14.2 Å². The first-order valence-corrected chi connectivity index (χ1v) is 11.3. The lowest BCUT2D eigenvalue weighted by Crippen LogP contribution is -2.32. The van der Waals surface area contributed by atoms with Crippen LogP contribution in [0.2, 0.25) is 0 Å². The number of rotatable bonds is 3. The fourth-order valence-corrected chi connectivity index (χ4v) is 3.98. The van der Waals surface area contributed by atoms with Crippen molar-refractivity contribution in [3.8, 4) is 5.75 Å². The molecule has 2 heterocycles. The van der Waals surface area contributed by atoms with Gasteiger partial charge in [0.15, 0.2) is 0 Å². The van der Waals surface area contributed by atoms with Crippen molar-refractivity contribution in [1.29, 1.82) is 0 Å². The first-order chi connectivity index (χ1) is 15.7. The maximum atomic E-state index is 12.8. The van der Waals surface area contributed by atoms with Gasteiger partial charge in [-0.3, -0.25) is 9.59 Å². The van der Waals surface area contributed by atoms with Crippen LogP contribution >= 0.6 is 0 Å². The molecule has 7 heteroatoms. The third-order valence-corrected chi connectivity index (χ3v) is 5.82. The molecule has 2 amide bonds. The zero-order valence-corrected chi connectivity index (χ0v) is 18.2. The standard InChI is InChI=1S/C25H30N2O5/c28-24-20-3-1-2-19(14-20)15-22-16-21(25(29)27-17-18-6-9-30-10-7-18)4-5-23(22)32-13-12-31-11-8-26-24/h1-5,14,16,18H,6-13,15,17H2,(H,26,28)(H,27,29). The Morgan fingerprint density at radius 2 is 1.84 bits per heavy atom. The molecule has 2 aliphatic heterocycles. The highest BCUT2D eigenvalue weighted by atomic mass is 16.5. The van der Waals surface area contributed by atoms with Crippen LogP contribution in [0.15, 0.2) is 42.5 Å². The molecule has 0 radical (unpaired) electrons. The first-order valence-electron chi connectivity index (χ1n) is 11.3. The van der Waals surface area contributed by atoms with E-state index in [9.17, 15) is 9.59 Å². The Morgan fingerprint density at radius 3 is 2.72 bits per heavy atom. The van der Waals surface area contributed by atoms with Gasteiger partial charge in [0.05, 0.1) is 13.2 Å². The zero-order valence-electron chi connectivity index (χ0n) is 18.2. The average molecular weight is 439 g/mol. The summed E-state index contributed by atoms with van der Waals surface area (Å²) in [5.74, 6) is 0.976. The quantitative estimate of drug-likeness (QED) is 0.769. The van der Waals surface area contributed by atoms with Crippen LogP contribution in [0.1, 0.15) is 44.7 Å². The summed E-state index contributed by atoms with van der Waals surface area (Å²) in [7, 11) is 0. The minimum atomic E-state index is -0.120. The second kappa shape index (κ2) is 11.1. The molecule has 2 aromatic rings. The normalized spacial score (nSPS) is 17.9. The predicted octanol–water partition coefficient (Wildman–Crippen LogP) is 2.57. The molecule has 2 aromatic carbocycles. The fourth-order valence-electron chi connectivity index (χ4n) is 3.98. The summed E-state index contributed by atoms with van der Waals surface area (Å²) in [6.07, 6.45) is 2.51. The minimum Gasteiger partial charge on any atom is -0.491 e. The summed E-state index contributed by atoms with van der Waals surface area (Å²) < 4.78 is 16.9. The van der Waals surface area contributed by atoms with Gasteiger partial charge in [0.25, 0.3) is 11.8 Å². The van der Waals surface area contributed by atoms with Gasteiger partial charge in [0, 0.05) is 43.9 Å². The van der Waals surface area contributed by atoms with Crippen molar-refractivity contribution >= 4 is 11.8 Å². The summed E-state index contributed by atoms with van der Waals surface area (Å²) in [6.45, 7) is 3.88. The number of amides is 2. The molecule has 0 spiro atoms. The molecule has 2 aliphatic rings. The Kier molecular flexibility index (Phi) is 7.74. The molecule has 0 unspecified atom stereocenters. The van der Waals surface area contributed by atoms with Crippen molar-refractivity contribution in [2.75, 3.05) is 46.1 Å². The van der Waals surface area contributed by atoms with E-state index in [1.165, 1.54) is 0 Å². The van der Waals surface area contributed by atoms with Gasteiger partial charge in [0.1, 0.15) is 12.4 Å². The Bertz CT molecular complexity index is 940. The van der Waals surface area contributed by atoms with Crippen LogP contribution in [0.3, 0.4) is 0 Å². The number of carbonyl (C=O) groups is 2. The van der Waals surface area contributed by atoms with Crippen LogP contribution in [0, 0.1) is 5.92 Å². The van der Waals surface area contributed by atoms with E-state index in [1.54, 1.807) is 12.1 Å². The predicted molar refractivity (Wildman–Crippen MR) is 120 cm³/mol. The monoisotopic (exact) mass is 438 g/mol. The molecule has 32 heavy (non-hydrogen) atoms. The van der Waals surface area contributed by atoms with E-state index < -0.39 is 0 Å². The van der Waals surface area contributed by atoms with Crippen molar-refractivity contribution in [2.24, 2.45) is 5.92 Å². The molecule has 0 aliphatic carbocycles. The van der Waals surface area contributed by atoms with Crippen LogP contribution in [0.25, 0.3) is 0 Å². The van der Waals surface area contributed by atoms with E-state index in [1.807, 2.05) is 30.3 Å². The second-order valence-electron chi connectivity index (χ2n) is 8.18. The van der Waals surface area contributed by atoms with E-state index in [-0.39, 0.29) is 11.8 Å². The lowest BCUT2D eigenvalue weighted by atomic mass is 9.98. The molecule has 0 saturated carbocycles.